The minimum absolute atomic E-state index is 0.0421. The number of aromatic nitrogens is 2. The van der Waals surface area contributed by atoms with E-state index in [9.17, 15) is 9.59 Å². The molecule has 0 radical (unpaired) electrons. The summed E-state index contributed by atoms with van der Waals surface area (Å²) in [6, 6.07) is 19.5. The summed E-state index contributed by atoms with van der Waals surface area (Å²) in [5.41, 5.74) is 2.69. The predicted octanol–water partition coefficient (Wildman–Crippen LogP) is 4.34. The second-order valence-electron chi connectivity index (χ2n) is 6.96. The Kier molecular flexibility index (Phi) is 5.27. The van der Waals surface area contributed by atoms with Crippen molar-refractivity contribution in [3.63, 3.8) is 0 Å². The maximum absolute atomic E-state index is 13.1. The third-order valence-corrected chi connectivity index (χ3v) is 6.09. The number of nitrogens with zero attached hydrogens (tertiary/aromatic N) is 3. The smallest absolute Gasteiger partial charge is 0.263 e. The van der Waals surface area contributed by atoms with Gasteiger partial charge in [-0.25, -0.2) is 4.98 Å². The fourth-order valence-corrected chi connectivity index (χ4v) is 4.25. The summed E-state index contributed by atoms with van der Waals surface area (Å²) in [5.74, 6) is -0.138. The number of amides is 1. The molecule has 1 amide bonds. The number of thiophene rings is 1. The summed E-state index contributed by atoms with van der Waals surface area (Å²) < 4.78 is 1.40. The molecule has 0 aliphatic carbocycles. The summed E-state index contributed by atoms with van der Waals surface area (Å²) in [6.45, 7) is 1.93. The minimum atomic E-state index is -0.191. The zero-order valence-corrected chi connectivity index (χ0v) is 17.1. The van der Waals surface area contributed by atoms with Gasteiger partial charge in [0.05, 0.1) is 17.8 Å². The van der Waals surface area contributed by atoms with Gasteiger partial charge in [-0.15, -0.1) is 11.3 Å². The van der Waals surface area contributed by atoms with Crippen LogP contribution in [0, 0.1) is 0 Å². The molecule has 6 heteroatoms. The van der Waals surface area contributed by atoms with Crippen LogP contribution in [0.15, 0.2) is 77.2 Å². The van der Waals surface area contributed by atoms with E-state index in [1.54, 1.807) is 11.9 Å². The van der Waals surface area contributed by atoms with Gasteiger partial charge in [-0.05, 0) is 18.1 Å². The Morgan fingerprint density at radius 2 is 1.76 bits per heavy atom. The lowest BCUT2D eigenvalue weighted by Crippen LogP contribution is -2.35. The first kappa shape index (κ1) is 19.1. The fraction of sp³-hybridized carbons (Fsp3) is 0.174. The first-order chi connectivity index (χ1) is 14.1. The quantitative estimate of drug-likeness (QED) is 0.498. The van der Waals surface area contributed by atoms with Gasteiger partial charge in [0.25, 0.3) is 5.56 Å². The van der Waals surface area contributed by atoms with E-state index in [0.717, 1.165) is 16.7 Å². The second kappa shape index (κ2) is 8.01. The molecule has 2 aromatic heterocycles. The van der Waals surface area contributed by atoms with Crippen LogP contribution in [0.4, 0.5) is 0 Å². The predicted molar refractivity (Wildman–Crippen MR) is 117 cm³/mol. The molecule has 0 N–H and O–H groups in total. The molecule has 1 atom stereocenters. The van der Waals surface area contributed by atoms with Crippen molar-refractivity contribution in [2.45, 2.75) is 19.5 Å². The Morgan fingerprint density at radius 3 is 2.45 bits per heavy atom. The number of fused-ring (bicyclic) bond motifs is 1. The lowest BCUT2D eigenvalue weighted by molar-refractivity contribution is -0.132. The molecule has 0 bridgehead atoms. The lowest BCUT2D eigenvalue weighted by Gasteiger charge is -2.25. The van der Waals surface area contributed by atoms with Gasteiger partial charge in [-0.3, -0.25) is 14.2 Å². The van der Waals surface area contributed by atoms with Crippen molar-refractivity contribution in [3.05, 3.63) is 88.3 Å². The van der Waals surface area contributed by atoms with Crippen molar-refractivity contribution in [2.24, 2.45) is 0 Å². The molecule has 29 heavy (non-hydrogen) atoms. The molecular weight excluding hydrogens is 382 g/mol. The van der Waals surface area contributed by atoms with Gasteiger partial charge < -0.3 is 4.90 Å². The molecule has 0 saturated heterocycles. The molecule has 5 nitrogen and oxygen atoms in total. The lowest BCUT2D eigenvalue weighted by atomic mass is 10.1. The molecule has 4 rings (SSSR count). The van der Waals surface area contributed by atoms with Crippen molar-refractivity contribution in [2.75, 3.05) is 7.05 Å². The van der Waals surface area contributed by atoms with Gasteiger partial charge in [0.15, 0.2) is 0 Å². The summed E-state index contributed by atoms with van der Waals surface area (Å²) in [4.78, 5) is 32.8. The van der Waals surface area contributed by atoms with Gasteiger partial charge in [0, 0.05) is 18.0 Å². The highest BCUT2D eigenvalue weighted by Gasteiger charge is 2.19. The van der Waals surface area contributed by atoms with Crippen molar-refractivity contribution < 1.29 is 4.79 Å². The Hall–Kier alpha value is -3.25. The number of likely N-dealkylation sites (N-methyl/N-ethyl adjacent to an activating group) is 1. The van der Waals surface area contributed by atoms with E-state index in [1.807, 2.05) is 73.0 Å². The largest absolute Gasteiger partial charge is 0.337 e. The standard InChI is InChI=1S/C23H21N3O2S/c1-16(17-9-5-3-6-10-17)25(2)20(27)13-26-15-24-22-21(23(26)28)19(14-29-22)18-11-7-4-8-12-18/h3-12,14-16H,13H2,1-2H3/t16-/m1/s1. The SMILES string of the molecule is C[C@H](c1ccccc1)N(C)C(=O)Cn1cnc2scc(-c3ccccc3)c2c1=O. The first-order valence-electron chi connectivity index (χ1n) is 9.39. The van der Waals surface area contributed by atoms with E-state index < -0.39 is 0 Å². The van der Waals surface area contributed by atoms with Gasteiger partial charge in [-0.2, -0.15) is 0 Å². The minimum Gasteiger partial charge on any atom is -0.337 e. The van der Waals surface area contributed by atoms with Crippen LogP contribution in [-0.2, 0) is 11.3 Å². The van der Waals surface area contributed by atoms with E-state index in [0.29, 0.717) is 10.2 Å². The number of hydrogen-bond donors (Lipinski definition) is 0. The maximum Gasteiger partial charge on any atom is 0.263 e. The highest BCUT2D eigenvalue weighted by Crippen LogP contribution is 2.30. The Labute approximate surface area is 172 Å². The number of rotatable bonds is 5. The van der Waals surface area contributed by atoms with E-state index in [2.05, 4.69) is 4.98 Å². The van der Waals surface area contributed by atoms with Crippen LogP contribution in [0.5, 0.6) is 0 Å². The Balaban J connectivity index is 1.64. The highest BCUT2D eigenvalue weighted by atomic mass is 32.1. The molecule has 0 aliphatic rings. The number of carbonyl (C=O) groups is 1. The molecule has 2 heterocycles. The third-order valence-electron chi connectivity index (χ3n) is 5.21. The van der Waals surface area contributed by atoms with E-state index in [-0.39, 0.29) is 24.1 Å². The molecular formula is C23H21N3O2S. The van der Waals surface area contributed by atoms with E-state index >= 15 is 0 Å². The topological polar surface area (TPSA) is 55.2 Å². The van der Waals surface area contributed by atoms with Gasteiger partial charge in [-0.1, -0.05) is 60.7 Å². The summed E-state index contributed by atoms with van der Waals surface area (Å²) in [5, 5.41) is 2.51. The van der Waals surface area contributed by atoms with Crippen LogP contribution in [-0.4, -0.2) is 27.4 Å². The summed E-state index contributed by atoms with van der Waals surface area (Å²) in [6.07, 6.45) is 1.47. The average molecular weight is 404 g/mol. The highest BCUT2D eigenvalue weighted by molar-refractivity contribution is 7.17. The third kappa shape index (κ3) is 3.71. The molecule has 4 aromatic rings. The fourth-order valence-electron chi connectivity index (χ4n) is 3.34. The zero-order valence-electron chi connectivity index (χ0n) is 16.3. The van der Waals surface area contributed by atoms with Crippen LogP contribution < -0.4 is 5.56 Å². The van der Waals surface area contributed by atoms with Crippen LogP contribution in [0.1, 0.15) is 18.5 Å². The first-order valence-corrected chi connectivity index (χ1v) is 10.3. The second-order valence-corrected chi connectivity index (χ2v) is 7.82. The van der Waals surface area contributed by atoms with Crippen molar-refractivity contribution in [1.82, 2.24) is 14.5 Å². The zero-order chi connectivity index (χ0) is 20.4. The van der Waals surface area contributed by atoms with Gasteiger partial charge >= 0.3 is 0 Å². The number of benzene rings is 2. The molecule has 0 fully saturated rings. The van der Waals surface area contributed by atoms with Crippen molar-refractivity contribution >= 4 is 27.5 Å². The van der Waals surface area contributed by atoms with Gasteiger partial charge in [0.1, 0.15) is 11.4 Å². The molecule has 2 aromatic carbocycles. The summed E-state index contributed by atoms with van der Waals surface area (Å²) in [7, 11) is 1.76. The van der Waals surface area contributed by atoms with Crippen LogP contribution in [0.2, 0.25) is 0 Å². The molecule has 0 spiro atoms. The average Bonchev–Trinajstić information content (AvgIpc) is 3.21. The monoisotopic (exact) mass is 403 g/mol. The van der Waals surface area contributed by atoms with Crippen molar-refractivity contribution in [1.29, 1.82) is 0 Å². The van der Waals surface area contributed by atoms with Gasteiger partial charge in [0.2, 0.25) is 5.91 Å². The summed E-state index contributed by atoms with van der Waals surface area (Å²) >= 11 is 1.44. The van der Waals surface area contributed by atoms with Crippen LogP contribution >= 0.6 is 11.3 Å². The normalized spacial score (nSPS) is 12.1. The number of carbonyl (C=O) groups excluding carboxylic acids is 1. The van der Waals surface area contributed by atoms with E-state index in [4.69, 9.17) is 0 Å². The Bertz CT molecular complexity index is 1200. The molecule has 0 saturated carbocycles. The van der Waals surface area contributed by atoms with Crippen LogP contribution in [0.25, 0.3) is 21.3 Å². The van der Waals surface area contributed by atoms with Crippen molar-refractivity contribution in [3.8, 4) is 11.1 Å². The van der Waals surface area contributed by atoms with E-state index in [1.165, 1.54) is 22.2 Å². The Morgan fingerprint density at radius 1 is 1.10 bits per heavy atom. The van der Waals surface area contributed by atoms with Crippen LogP contribution in [0.3, 0.4) is 0 Å². The number of hydrogen-bond acceptors (Lipinski definition) is 4. The maximum atomic E-state index is 13.1. The molecule has 0 unspecified atom stereocenters. The molecule has 146 valence electrons. The molecule has 0 aliphatic heterocycles.